The van der Waals surface area contributed by atoms with E-state index in [-0.39, 0.29) is 17.6 Å². The number of ether oxygens (including phenoxy) is 2. The topological polar surface area (TPSA) is 35.5 Å². The van der Waals surface area contributed by atoms with Crippen molar-refractivity contribution in [2.45, 2.75) is 19.8 Å². The van der Waals surface area contributed by atoms with Crippen LogP contribution in [-0.2, 0) is 0 Å². The van der Waals surface area contributed by atoms with Gasteiger partial charge in [-0.05, 0) is 23.6 Å². The first kappa shape index (κ1) is 9.70. The minimum Gasteiger partial charge on any atom is -0.486 e. The van der Waals surface area contributed by atoms with Crippen molar-refractivity contribution in [1.82, 2.24) is 0 Å². The SMILES string of the molecule is CC1C(=O)c2cc3c(cc2C1C)OCCO3. The van der Waals surface area contributed by atoms with Crippen LogP contribution in [0.25, 0.3) is 0 Å². The highest BCUT2D eigenvalue weighted by Gasteiger charge is 2.35. The molecule has 3 heteroatoms. The van der Waals surface area contributed by atoms with Crippen molar-refractivity contribution in [1.29, 1.82) is 0 Å². The monoisotopic (exact) mass is 218 g/mol. The fraction of sp³-hybridized carbons (Fsp3) is 0.462. The van der Waals surface area contributed by atoms with Gasteiger partial charge < -0.3 is 9.47 Å². The number of Topliss-reactive ketones (excluding diaryl/α,β-unsaturated/α-hetero) is 1. The molecular weight excluding hydrogens is 204 g/mol. The summed E-state index contributed by atoms with van der Waals surface area (Å²) in [5, 5.41) is 0. The molecule has 1 aliphatic heterocycles. The van der Waals surface area contributed by atoms with Gasteiger partial charge >= 0.3 is 0 Å². The van der Waals surface area contributed by atoms with Gasteiger partial charge in [-0.2, -0.15) is 0 Å². The molecule has 0 aromatic heterocycles. The maximum absolute atomic E-state index is 12.0. The van der Waals surface area contributed by atoms with Crippen molar-refractivity contribution in [2.75, 3.05) is 13.2 Å². The first-order valence-electron chi connectivity index (χ1n) is 5.66. The molecule has 1 aliphatic carbocycles. The fourth-order valence-electron chi connectivity index (χ4n) is 2.44. The first-order valence-corrected chi connectivity index (χ1v) is 5.66. The number of rotatable bonds is 0. The highest BCUT2D eigenvalue weighted by molar-refractivity contribution is 6.03. The molecule has 0 N–H and O–H groups in total. The van der Waals surface area contributed by atoms with Crippen molar-refractivity contribution in [3.63, 3.8) is 0 Å². The van der Waals surface area contributed by atoms with Gasteiger partial charge in [-0.25, -0.2) is 0 Å². The first-order chi connectivity index (χ1) is 7.68. The van der Waals surface area contributed by atoms with Crippen LogP contribution in [0.2, 0.25) is 0 Å². The Hall–Kier alpha value is -1.51. The number of carbonyl (C=O) groups excluding carboxylic acids is 1. The number of hydrogen-bond donors (Lipinski definition) is 0. The third kappa shape index (κ3) is 1.17. The molecular formula is C13H14O3. The minimum absolute atomic E-state index is 0.0684. The predicted molar refractivity (Wildman–Crippen MR) is 59.3 cm³/mol. The zero-order valence-electron chi connectivity index (χ0n) is 9.45. The molecule has 2 unspecified atom stereocenters. The van der Waals surface area contributed by atoms with Crippen LogP contribution in [0.4, 0.5) is 0 Å². The smallest absolute Gasteiger partial charge is 0.166 e. The van der Waals surface area contributed by atoms with Crippen molar-refractivity contribution in [3.8, 4) is 11.5 Å². The lowest BCUT2D eigenvalue weighted by Crippen LogP contribution is -2.15. The van der Waals surface area contributed by atoms with Gasteiger partial charge in [0.05, 0.1) is 0 Å². The molecule has 0 saturated heterocycles. The molecule has 0 fully saturated rings. The number of hydrogen-bond acceptors (Lipinski definition) is 3. The van der Waals surface area contributed by atoms with Gasteiger partial charge in [-0.1, -0.05) is 13.8 Å². The number of fused-ring (bicyclic) bond motifs is 2. The van der Waals surface area contributed by atoms with Gasteiger partial charge in [0, 0.05) is 11.5 Å². The number of benzene rings is 1. The van der Waals surface area contributed by atoms with E-state index in [4.69, 9.17) is 9.47 Å². The van der Waals surface area contributed by atoms with Crippen LogP contribution < -0.4 is 9.47 Å². The maximum atomic E-state index is 12.0. The molecule has 1 aromatic rings. The molecule has 84 valence electrons. The maximum Gasteiger partial charge on any atom is 0.166 e. The van der Waals surface area contributed by atoms with E-state index in [0.717, 1.165) is 16.9 Å². The molecule has 2 atom stereocenters. The average Bonchev–Trinajstić information content (AvgIpc) is 2.52. The summed E-state index contributed by atoms with van der Waals surface area (Å²) in [7, 11) is 0. The third-order valence-electron chi connectivity index (χ3n) is 3.63. The zero-order valence-corrected chi connectivity index (χ0v) is 9.45. The van der Waals surface area contributed by atoms with Crippen molar-refractivity contribution in [3.05, 3.63) is 23.3 Å². The summed E-state index contributed by atoms with van der Waals surface area (Å²) in [6.07, 6.45) is 0. The summed E-state index contributed by atoms with van der Waals surface area (Å²) in [6.45, 7) is 5.22. The summed E-state index contributed by atoms with van der Waals surface area (Å²) < 4.78 is 11.0. The fourth-order valence-corrected chi connectivity index (χ4v) is 2.44. The molecule has 16 heavy (non-hydrogen) atoms. The lowest BCUT2D eigenvalue weighted by Gasteiger charge is -2.19. The van der Waals surface area contributed by atoms with Gasteiger partial charge in [0.15, 0.2) is 17.3 Å². The van der Waals surface area contributed by atoms with E-state index in [2.05, 4.69) is 6.92 Å². The van der Waals surface area contributed by atoms with Crippen LogP contribution in [0.15, 0.2) is 12.1 Å². The molecule has 3 nitrogen and oxygen atoms in total. The highest BCUT2D eigenvalue weighted by Crippen LogP contribution is 2.43. The second-order valence-electron chi connectivity index (χ2n) is 4.52. The Kier molecular flexibility index (Phi) is 1.96. The number of carbonyl (C=O) groups is 1. The van der Waals surface area contributed by atoms with E-state index in [1.807, 2.05) is 19.1 Å². The highest BCUT2D eigenvalue weighted by atomic mass is 16.6. The Morgan fingerprint density at radius 1 is 1.06 bits per heavy atom. The van der Waals surface area contributed by atoms with E-state index < -0.39 is 0 Å². The Bertz CT molecular complexity index is 464. The molecule has 0 amide bonds. The van der Waals surface area contributed by atoms with Crippen LogP contribution >= 0.6 is 0 Å². The van der Waals surface area contributed by atoms with Crippen LogP contribution in [-0.4, -0.2) is 19.0 Å². The standard InChI is InChI=1S/C13H14O3/c1-7-8(2)13(14)10-6-12-11(5-9(7)10)15-3-4-16-12/h5-8H,3-4H2,1-2H3. The van der Waals surface area contributed by atoms with Crippen molar-refractivity contribution >= 4 is 5.78 Å². The molecule has 0 saturated carbocycles. The van der Waals surface area contributed by atoms with Gasteiger partial charge in [-0.15, -0.1) is 0 Å². The molecule has 2 aliphatic rings. The summed E-state index contributed by atoms with van der Waals surface area (Å²) >= 11 is 0. The Morgan fingerprint density at radius 2 is 1.69 bits per heavy atom. The summed E-state index contributed by atoms with van der Waals surface area (Å²) in [5.41, 5.74) is 1.91. The Balaban J connectivity index is 2.16. The summed E-state index contributed by atoms with van der Waals surface area (Å²) in [5.74, 6) is 2.05. The van der Waals surface area contributed by atoms with Crippen LogP contribution in [0.3, 0.4) is 0 Å². The predicted octanol–water partition coefficient (Wildman–Crippen LogP) is 2.39. The molecule has 0 radical (unpaired) electrons. The third-order valence-corrected chi connectivity index (χ3v) is 3.63. The second-order valence-corrected chi connectivity index (χ2v) is 4.52. The van der Waals surface area contributed by atoms with Crippen molar-refractivity contribution < 1.29 is 14.3 Å². The van der Waals surface area contributed by atoms with Crippen molar-refractivity contribution in [2.24, 2.45) is 5.92 Å². The zero-order chi connectivity index (χ0) is 11.3. The van der Waals surface area contributed by atoms with Gasteiger partial charge in [0.1, 0.15) is 13.2 Å². The van der Waals surface area contributed by atoms with E-state index >= 15 is 0 Å². The second kappa shape index (κ2) is 3.24. The van der Waals surface area contributed by atoms with Crippen LogP contribution in [0.5, 0.6) is 11.5 Å². The molecule has 0 spiro atoms. The van der Waals surface area contributed by atoms with E-state index in [1.165, 1.54) is 0 Å². The molecule has 1 aromatic carbocycles. The summed E-state index contributed by atoms with van der Waals surface area (Å²) in [6, 6.07) is 3.81. The molecule has 0 bridgehead atoms. The minimum atomic E-state index is 0.0684. The largest absolute Gasteiger partial charge is 0.486 e. The average molecular weight is 218 g/mol. The molecule has 1 heterocycles. The summed E-state index contributed by atoms with van der Waals surface area (Å²) in [4.78, 5) is 12.0. The van der Waals surface area contributed by atoms with E-state index in [9.17, 15) is 4.79 Å². The Morgan fingerprint density at radius 3 is 2.38 bits per heavy atom. The lowest BCUT2D eigenvalue weighted by atomic mass is 9.96. The van der Waals surface area contributed by atoms with Gasteiger partial charge in [-0.3, -0.25) is 4.79 Å². The quantitative estimate of drug-likeness (QED) is 0.670. The van der Waals surface area contributed by atoms with Gasteiger partial charge in [0.25, 0.3) is 0 Å². The normalized spacial score (nSPS) is 26.8. The van der Waals surface area contributed by atoms with Crippen LogP contribution in [0.1, 0.15) is 35.7 Å². The van der Waals surface area contributed by atoms with Gasteiger partial charge in [0.2, 0.25) is 0 Å². The molecule has 3 rings (SSSR count). The van der Waals surface area contributed by atoms with E-state index in [1.54, 1.807) is 0 Å². The number of ketones is 1. The Labute approximate surface area is 94.4 Å². The lowest BCUT2D eigenvalue weighted by molar-refractivity contribution is 0.0936. The van der Waals surface area contributed by atoms with Crippen LogP contribution in [0, 0.1) is 5.92 Å². The van der Waals surface area contributed by atoms with E-state index in [0.29, 0.717) is 19.0 Å².